The number of benzene rings is 1. The van der Waals surface area contributed by atoms with Crippen LogP contribution in [0.3, 0.4) is 0 Å². The van der Waals surface area contributed by atoms with Crippen molar-refractivity contribution in [3.63, 3.8) is 0 Å². The van der Waals surface area contributed by atoms with Gasteiger partial charge >= 0.3 is 0 Å². The predicted octanol–water partition coefficient (Wildman–Crippen LogP) is 1.46. The number of rotatable bonds is 2. The number of ketones is 1. The van der Waals surface area contributed by atoms with Gasteiger partial charge in [-0.1, -0.05) is 6.07 Å². The number of carbonyl (C=O) groups excluding carboxylic acids is 1. The Morgan fingerprint density at radius 2 is 2.21 bits per heavy atom. The van der Waals surface area contributed by atoms with Crippen LogP contribution in [0.15, 0.2) is 12.1 Å². The zero-order valence-corrected chi connectivity index (χ0v) is 7.85. The second-order valence-corrected chi connectivity index (χ2v) is 3.55. The van der Waals surface area contributed by atoms with Gasteiger partial charge in [-0.3, -0.25) is 4.79 Å². The molecule has 2 rings (SSSR count). The third-order valence-corrected chi connectivity index (χ3v) is 2.70. The maximum Gasteiger partial charge on any atom is 0.179 e. The Kier molecular flexibility index (Phi) is 2.33. The first-order chi connectivity index (χ1) is 6.74. The van der Waals surface area contributed by atoms with Crippen molar-refractivity contribution in [2.24, 2.45) is 5.73 Å². The maximum atomic E-state index is 13.7. The highest BCUT2D eigenvalue weighted by molar-refractivity contribution is 5.98. The van der Waals surface area contributed by atoms with Crippen LogP contribution in [0.25, 0.3) is 0 Å². The van der Waals surface area contributed by atoms with Gasteiger partial charge in [0.05, 0.1) is 12.1 Å². The van der Waals surface area contributed by atoms with E-state index in [1.54, 1.807) is 6.07 Å². The van der Waals surface area contributed by atoms with Gasteiger partial charge in [0.2, 0.25) is 0 Å². The molecule has 0 saturated carbocycles. The normalized spacial score (nSPS) is 14.1. The molecule has 2 N–H and O–H groups in total. The Labute approximate surface area is 81.9 Å². The molecule has 0 spiro atoms. The van der Waals surface area contributed by atoms with E-state index >= 15 is 0 Å². The largest absolute Gasteiger partial charge is 0.324 e. The monoisotopic (exact) mass is 193 g/mol. The molecule has 0 aromatic heterocycles. The fourth-order valence-corrected chi connectivity index (χ4v) is 1.95. The Morgan fingerprint density at radius 3 is 2.93 bits per heavy atom. The molecular weight excluding hydrogens is 181 g/mol. The molecule has 0 atom stereocenters. The van der Waals surface area contributed by atoms with Crippen molar-refractivity contribution in [2.75, 3.05) is 6.54 Å². The second-order valence-electron chi connectivity index (χ2n) is 3.55. The van der Waals surface area contributed by atoms with Gasteiger partial charge in [-0.15, -0.1) is 0 Å². The number of carbonyl (C=O) groups is 1. The van der Waals surface area contributed by atoms with Gasteiger partial charge in [-0.2, -0.15) is 0 Å². The summed E-state index contributed by atoms with van der Waals surface area (Å²) < 4.78 is 13.7. The first-order valence-electron chi connectivity index (χ1n) is 4.77. The Balaban J connectivity index is 2.50. The third kappa shape index (κ3) is 1.34. The molecule has 0 aliphatic heterocycles. The first-order valence-corrected chi connectivity index (χ1v) is 4.77. The summed E-state index contributed by atoms with van der Waals surface area (Å²) in [7, 11) is 0. The van der Waals surface area contributed by atoms with E-state index in [2.05, 4.69) is 0 Å². The van der Waals surface area contributed by atoms with E-state index in [0.717, 1.165) is 24.8 Å². The molecule has 2 nitrogen and oxygen atoms in total. The topological polar surface area (TPSA) is 43.1 Å². The Hall–Kier alpha value is -1.22. The van der Waals surface area contributed by atoms with E-state index in [1.165, 1.54) is 0 Å². The molecule has 74 valence electrons. The van der Waals surface area contributed by atoms with Crippen molar-refractivity contribution in [2.45, 2.75) is 19.3 Å². The highest BCUT2D eigenvalue weighted by Gasteiger charge is 2.20. The molecular formula is C11H12FNO. The minimum absolute atomic E-state index is 0.129. The van der Waals surface area contributed by atoms with Crippen LogP contribution in [-0.4, -0.2) is 12.3 Å². The number of halogens is 1. The molecule has 0 saturated heterocycles. The van der Waals surface area contributed by atoms with Crippen LogP contribution in [-0.2, 0) is 12.8 Å². The van der Waals surface area contributed by atoms with Crippen LogP contribution in [0.1, 0.15) is 27.9 Å². The minimum atomic E-state index is -0.351. The standard InChI is InChI=1S/C11H12FNO/c12-11-8-3-1-2-7(8)4-5-9(11)10(14)6-13/h4-5H,1-3,6,13H2. The van der Waals surface area contributed by atoms with Gasteiger partial charge in [0, 0.05) is 0 Å². The lowest BCUT2D eigenvalue weighted by molar-refractivity contribution is 0.0997. The smallest absolute Gasteiger partial charge is 0.179 e. The van der Waals surface area contributed by atoms with Gasteiger partial charge in [0.15, 0.2) is 5.78 Å². The quantitative estimate of drug-likeness (QED) is 0.722. The summed E-state index contributed by atoms with van der Waals surface area (Å²) in [6.45, 7) is -0.129. The molecule has 1 aliphatic carbocycles. The van der Waals surface area contributed by atoms with E-state index in [0.29, 0.717) is 5.56 Å². The summed E-state index contributed by atoms with van der Waals surface area (Å²) >= 11 is 0. The van der Waals surface area contributed by atoms with E-state index in [4.69, 9.17) is 5.73 Å². The second kappa shape index (κ2) is 3.50. The fraction of sp³-hybridized carbons (Fsp3) is 0.364. The third-order valence-electron chi connectivity index (χ3n) is 2.70. The van der Waals surface area contributed by atoms with Gasteiger partial charge in [0.25, 0.3) is 0 Å². The average Bonchev–Trinajstić information content (AvgIpc) is 2.66. The van der Waals surface area contributed by atoms with E-state index in [9.17, 15) is 9.18 Å². The average molecular weight is 193 g/mol. The summed E-state index contributed by atoms with van der Waals surface area (Å²) in [5.41, 5.74) is 7.10. The van der Waals surface area contributed by atoms with Gasteiger partial charge < -0.3 is 5.73 Å². The molecule has 0 heterocycles. The van der Waals surface area contributed by atoms with Crippen LogP contribution >= 0.6 is 0 Å². The SMILES string of the molecule is NCC(=O)c1ccc2c(c1F)CCC2. The molecule has 0 radical (unpaired) electrons. The lowest BCUT2D eigenvalue weighted by Crippen LogP contribution is -2.16. The minimum Gasteiger partial charge on any atom is -0.324 e. The summed E-state index contributed by atoms with van der Waals surface area (Å²) in [5.74, 6) is -0.673. The summed E-state index contributed by atoms with van der Waals surface area (Å²) in [5, 5.41) is 0. The maximum absolute atomic E-state index is 13.7. The zero-order valence-electron chi connectivity index (χ0n) is 7.85. The Morgan fingerprint density at radius 1 is 1.43 bits per heavy atom. The molecule has 14 heavy (non-hydrogen) atoms. The van der Waals surface area contributed by atoms with Crippen molar-refractivity contribution >= 4 is 5.78 Å². The van der Waals surface area contributed by atoms with E-state index < -0.39 is 0 Å². The lowest BCUT2D eigenvalue weighted by Gasteiger charge is -2.05. The van der Waals surface area contributed by atoms with Crippen LogP contribution in [0, 0.1) is 5.82 Å². The summed E-state index contributed by atoms with van der Waals surface area (Å²) in [6.07, 6.45) is 2.64. The molecule has 0 unspecified atom stereocenters. The molecule has 1 aromatic rings. The highest BCUT2D eigenvalue weighted by atomic mass is 19.1. The van der Waals surface area contributed by atoms with Crippen molar-refractivity contribution in [1.82, 2.24) is 0 Å². The molecule has 0 amide bonds. The van der Waals surface area contributed by atoms with Crippen molar-refractivity contribution in [1.29, 1.82) is 0 Å². The number of hydrogen-bond acceptors (Lipinski definition) is 2. The van der Waals surface area contributed by atoms with Crippen molar-refractivity contribution in [3.8, 4) is 0 Å². The number of Topliss-reactive ketones (excluding diaryl/α,β-unsaturated/α-hetero) is 1. The predicted molar refractivity (Wildman–Crippen MR) is 51.8 cm³/mol. The van der Waals surface area contributed by atoms with Gasteiger partial charge in [-0.25, -0.2) is 4.39 Å². The zero-order chi connectivity index (χ0) is 10.1. The Bertz CT molecular complexity index is 387. The van der Waals surface area contributed by atoms with Crippen LogP contribution in [0.4, 0.5) is 4.39 Å². The van der Waals surface area contributed by atoms with Crippen molar-refractivity contribution in [3.05, 3.63) is 34.6 Å². The van der Waals surface area contributed by atoms with Crippen LogP contribution in [0.2, 0.25) is 0 Å². The summed E-state index contributed by atoms with van der Waals surface area (Å²) in [6, 6.07) is 3.39. The molecule has 0 bridgehead atoms. The van der Waals surface area contributed by atoms with Crippen LogP contribution in [0.5, 0.6) is 0 Å². The van der Waals surface area contributed by atoms with Crippen LogP contribution < -0.4 is 5.73 Å². The van der Waals surface area contributed by atoms with Gasteiger partial charge in [0.1, 0.15) is 5.82 Å². The number of nitrogens with two attached hydrogens (primary N) is 1. The number of aryl methyl sites for hydroxylation is 1. The first kappa shape index (κ1) is 9.34. The summed E-state index contributed by atoms with van der Waals surface area (Å²) in [4.78, 5) is 11.3. The fourth-order valence-electron chi connectivity index (χ4n) is 1.95. The highest BCUT2D eigenvalue weighted by Crippen LogP contribution is 2.26. The molecule has 1 aromatic carbocycles. The molecule has 3 heteroatoms. The number of hydrogen-bond donors (Lipinski definition) is 1. The molecule has 1 aliphatic rings. The molecule has 0 fully saturated rings. The van der Waals surface area contributed by atoms with E-state index in [1.807, 2.05) is 6.07 Å². The number of fused-ring (bicyclic) bond motifs is 1. The van der Waals surface area contributed by atoms with Crippen molar-refractivity contribution < 1.29 is 9.18 Å². The van der Waals surface area contributed by atoms with Gasteiger partial charge in [-0.05, 0) is 36.5 Å². The lowest BCUT2D eigenvalue weighted by atomic mass is 10.0. The van der Waals surface area contributed by atoms with E-state index in [-0.39, 0.29) is 23.7 Å².